The summed E-state index contributed by atoms with van der Waals surface area (Å²) in [4.78, 5) is 122. The van der Waals surface area contributed by atoms with Crippen LogP contribution >= 0.6 is 0 Å². The van der Waals surface area contributed by atoms with Crippen LogP contribution in [0, 0.1) is 0 Å². The summed E-state index contributed by atoms with van der Waals surface area (Å²) in [7, 11) is -5.42. The van der Waals surface area contributed by atoms with E-state index in [1.807, 2.05) is 0 Å². The number of nitrogens with zero attached hydrogens (tertiary/aromatic N) is 2. The van der Waals surface area contributed by atoms with Gasteiger partial charge in [0.25, 0.3) is 0 Å². The third-order valence-corrected chi connectivity index (χ3v) is 13.9. The van der Waals surface area contributed by atoms with Crippen LogP contribution in [-0.4, -0.2) is 117 Å². The highest BCUT2D eigenvalue weighted by molar-refractivity contribution is 7.89. The molecular formula is C48H39N5O18S. The van der Waals surface area contributed by atoms with Gasteiger partial charge < -0.3 is 50.8 Å². The van der Waals surface area contributed by atoms with Crippen LogP contribution in [0.1, 0.15) is 72.7 Å². The minimum absolute atomic E-state index is 0.000982. The monoisotopic (exact) mass is 1010 g/mol. The molecule has 0 radical (unpaired) electrons. The van der Waals surface area contributed by atoms with Crippen molar-refractivity contribution < 1.29 is 87.6 Å². The highest BCUT2D eigenvalue weighted by Crippen LogP contribution is 2.53. The minimum Gasteiger partial charge on any atom is -0.480 e. The Hall–Kier alpha value is -9.29. The van der Waals surface area contributed by atoms with Crippen LogP contribution in [0.3, 0.4) is 0 Å². The molecule has 0 fully saturated rings. The summed E-state index contributed by atoms with van der Waals surface area (Å²) in [5.41, 5.74) is -21.9. The number of carboxylic acids is 8. The Bertz CT molecular complexity index is 3620. The highest BCUT2D eigenvalue weighted by Gasteiger charge is 2.62. The van der Waals surface area contributed by atoms with E-state index in [2.05, 4.69) is 15.0 Å². The maximum Gasteiger partial charge on any atom is 0.325 e. The van der Waals surface area contributed by atoms with Gasteiger partial charge in [0.15, 0.2) is 21.7 Å². The molecule has 23 nitrogen and oxygen atoms in total. The minimum atomic E-state index is -5.42. The molecule has 0 saturated carbocycles. The first-order valence-electron chi connectivity index (χ1n) is 20.8. The van der Waals surface area contributed by atoms with Crippen LogP contribution in [0.5, 0.6) is 0 Å². The van der Waals surface area contributed by atoms with Gasteiger partial charge in [0.2, 0.25) is 10.0 Å². The summed E-state index contributed by atoms with van der Waals surface area (Å²) in [6.45, 7) is 1.22. The van der Waals surface area contributed by atoms with Crippen LogP contribution in [0.4, 0.5) is 0 Å². The standard InChI is InChI=1S/C48H39N5O18S/c1-45(37(54)55,38(56)57)29-19-28(33(46(2,39(58)59)40(60)61)35(48(4,43(66)67)44(68)69)34(29)47(3,41(62)63)42(64)65)26-6-5-7-27(36(26)72(49,70)71)32-30-14-12-24(52-30)17-22-10-8-20(50-22)16-21-9-11-23(51-21)18-25-13-15-31(32)53-25/h5-19,50,53H,1-4H3,(H,54,55)(H,56,57)(H,58,59)(H,60,61)(H,62,63)(H,64,65)(H,66,67)(H,68,69)(H2,49,70,71). The molecule has 5 aromatic rings. The van der Waals surface area contributed by atoms with E-state index >= 15 is 0 Å². The molecule has 12 N–H and O–H groups in total. The van der Waals surface area contributed by atoms with Gasteiger partial charge in [0, 0.05) is 38.8 Å². The molecule has 0 spiro atoms. The van der Waals surface area contributed by atoms with Crippen molar-refractivity contribution in [2.45, 2.75) is 54.3 Å². The summed E-state index contributed by atoms with van der Waals surface area (Å²) in [6.07, 6.45) is 6.45. The van der Waals surface area contributed by atoms with E-state index in [-0.39, 0.29) is 42.4 Å². The SMILES string of the molecule is CC(C(=O)O)(C(=O)O)c1cc(-c2cccc(-c3c4nc(cc5ccc(cc6nc(cc7ccc3[nH]7)C=C6)[nH]5)C=C4)c2S(N)(=O)=O)c(C(C)(C(=O)O)C(=O)O)c(C(C)(C(=O)O)C(=O)O)c1C(C)(C(=O)O)C(=O)O. The number of fused-ring (bicyclic) bond motifs is 8. The molecule has 2 aliphatic rings. The first kappa shape index (κ1) is 50.6. The molecule has 5 heterocycles. The zero-order chi connectivity index (χ0) is 53.4. The lowest BCUT2D eigenvalue weighted by Crippen LogP contribution is -2.53. The summed E-state index contributed by atoms with van der Waals surface area (Å²) >= 11 is 0. The van der Waals surface area contributed by atoms with E-state index in [1.54, 1.807) is 54.6 Å². The van der Waals surface area contributed by atoms with Crippen molar-refractivity contribution in [1.82, 2.24) is 19.9 Å². The lowest BCUT2D eigenvalue weighted by atomic mass is 9.59. The smallest absolute Gasteiger partial charge is 0.325 e. The second kappa shape index (κ2) is 17.3. The third kappa shape index (κ3) is 7.79. The third-order valence-electron chi connectivity index (χ3n) is 12.9. The largest absolute Gasteiger partial charge is 0.480 e. The molecule has 0 amide bonds. The Balaban J connectivity index is 1.85. The number of nitrogens with two attached hydrogens (primary N) is 1. The van der Waals surface area contributed by atoms with Gasteiger partial charge in [0.05, 0.1) is 27.7 Å². The molecule has 0 unspecified atom stereocenters. The molecule has 370 valence electrons. The lowest BCUT2D eigenvalue weighted by molar-refractivity contribution is -0.161. The van der Waals surface area contributed by atoms with Crippen molar-refractivity contribution in [2.24, 2.45) is 5.14 Å². The molecule has 2 aliphatic heterocycles. The van der Waals surface area contributed by atoms with Crippen LogP contribution in [0.15, 0.2) is 71.6 Å². The van der Waals surface area contributed by atoms with Crippen molar-refractivity contribution in [3.63, 3.8) is 0 Å². The second-order valence-electron chi connectivity index (χ2n) is 17.3. The van der Waals surface area contributed by atoms with Gasteiger partial charge in [-0.15, -0.1) is 0 Å². The van der Waals surface area contributed by atoms with Gasteiger partial charge in [-0.25, -0.2) is 23.5 Å². The fourth-order valence-corrected chi connectivity index (χ4v) is 9.57. The fourth-order valence-electron chi connectivity index (χ4n) is 8.61. The van der Waals surface area contributed by atoms with Crippen LogP contribution in [0.2, 0.25) is 0 Å². The Kier molecular flexibility index (Phi) is 12.1. The van der Waals surface area contributed by atoms with Gasteiger partial charge in [0.1, 0.15) is 0 Å². The van der Waals surface area contributed by atoms with Crippen molar-refractivity contribution in [3.8, 4) is 22.3 Å². The fraction of sp³-hybridized carbons (Fsp3) is 0.167. The molecule has 8 bridgehead atoms. The Morgan fingerprint density at radius 1 is 0.472 bits per heavy atom. The summed E-state index contributed by atoms with van der Waals surface area (Å²) in [5, 5.41) is 92.4. The van der Waals surface area contributed by atoms with Gasteiger partial charge in [-0.1, -0.05) is 18.2 Å². The number of nitrogens with one attached hydrogen (secondary N) is 2. The summed E-state index contributed by atoms with van der Waals surface area (Å²) < 4.78 is 28.9. The van der Waals surface area contributed by atoms with E-state index in [4.69, 9.17) is 10.1 Å². The average molecular weight is 1010 g/mol. The van der Waals surface area contributed by atoms with E-state index in [9.17, 15) is 87.6 Å². The predicted octanol–water partition coefficient (Wildman–Crippen LogP) is 4.34. The maximum absolute atomic E-state index is 14.5. The van der Waals surface area contributed by atoms with Crippen molar-refractivity contribution in [2.75, 3.05) is 0 Å². The molecule has 0 atom stereocenters. The van der Waals surface area contributed by atoms with Gasteiger partial charge in [-0.3, -0.25) is 38.4 Å². The quantitative estimate of drug-likeness (QED) is 0.0636. The van der Waals surface area contributed by atoms with Crippen LogP contribution in [0.25, 0.3) is 68.6 Å². The first-order valence-corrected chi connectivity index (χ1v) is 22.3. The van der Waals surface area contributed by atoms with E-state index in [0.29, 0.717) is 41.8 Å². The number of benzene rings is 2. The summed E-state index contributed by atoms with van der Waals surface area (Å²) in [5.74, 6) is -20.1. The van der Waals surface area contributed by atoms with E-state index in [1.165, 1.54) is 12.1 Å². The van der Waals surface area contributed by atoms with Crippen LogP contribution < -0.4 is 5.14 Å². The predicted molar refractivity (Wildman–Crippen MR) is 252 cm³/mol. The topological polar surface area (TPSA) is 416 Å². The number of aliphatic carboxylic acids is 8. The van der Waals surface area contributed by atoms with Gasteiger partial charge in [-0.05, 0) is 128 Å². The number of aromatic nitrogens is 4. The number of sulfonamides is 1. The first-order chi connectivity index (χ1) is 33.4. The zero-order valence-corrected chi connectivity index (χ0v) is 38.5. The van der Waals surface area contributed by atoms with Crippen molar-refractivity contribution in [1.29, 1.82) is 0 Å². The number of carboxylic acid groups (broad SMARTS) is 8. The number of H-pyrrole nitrogens is 2. The molecule has 3 aromatic heterocycles. The summed E-state index contributed by atoms with van der Waals surface area (Å²) in [6, 6.07) is 15.0. The Morgan fingerprint density at radius 2 is 0.875 bits per heavy atom. The van der Waals surface area contributed by atoms with E-state index in [0.717, 1.165) is 18.2 Å². The average Bonchev–Trinajstić information content (AvgIpc) is 4.14. The van der Waals surface area contributed by atoms with Gasteiger partial charge >= 0.3 is 47.8 Å². The van der Waals surface area contributed by atoms with Gasteiger partial charge in [-0.2, -0.15) is 0 Å². The molecule has 7 rings (SSSR count). The molecule has 2 aromatic carbocycles. The molecule has 24 heteroatoms. The zero-order valence-electron chi connectivity index (χ0n) is 37.7. The second-order valence-corrected chi connectivity index (χ2v) is 18.8. The maximum atomic E-state index is 14.5. The number of hydrogen-bond acceptors (Lipinski definition) is 12. The van der Waals surface area contributed by atoms with Crippen molar-refractivity contribution in [3.05, 3.63) is 112 Å². The van der Waals surface area contributed by atoms with Crippen molar-refractivity contribution >= 4 is 104 Å². The van der Waals surface area contributed by atoms with E-state index < -0.39 is 123 Å². The molecule has 0 saturated heterocycles. The number of hydrogen-bond donors (Lipinski definition) is 11. The Morgan fingerprint density at radius 3 is 1.35 bits per heavy atom. The van der Waals surface area contributed by atoms with Crippen LogP contribution in [-0.2, 0) is 70.0 Å². The number of carbonyl (C=O) groups is 8. The molecule has 72 heavy (non-hydrogen) atoms. The number of rotatable bonds is 15. The normalized spacial score (nSPS) is 12.8. The number of primary sulfonamides is 1. The molecule has 0 aliphatic carbocycles. The lowest BCUT2D eigenvalue weighted by Gasteiger charge is -2.40. The highest BCUT2D eigenvalue weighted by atomic mass is 32.2. The number of aromatic amines is 2. The Labute approximate surface area is 404 Å². The molecular weight excluding hydrogens is 967 g/mol.